The zero-order valence-corrected chi connectivity index (χ0v) is 15.2. The van der Waals surface area contributed by atoms with Crippen LogP contribution in [0.15, 0.2) is 24.3 Å². The Kier molecular flexibility index (Phi) is 7.29. The molecule has 0 heterocycles. The van der Waals surface area contributed by atoms with Crippen LogP contribution in [0, 0.1) is 5.92 Å². The molecule has 3 atom stereocenters. The number of aliphatic carboxylic acids is 1. The van der Waals surface area contributed by atoms with Crippen molar-refractivity contribution in [1.82, 2.24) is 5.32 Å². The molecule has 2 rings (SSSR count). The van der Waals surface area contributed by atoms with E-state index in [-0.39, 0.29) is 17.9 Å². The fourth-order valence-corrected chi connectivity index (χ4v) is 3.64. The van der Waals surface area contributed by atoms with Gasteiger partial charge in [-0.3, -0.25) is 9.59 Å². The lowest BCUT2D eigenvalue weighted by Crippen LogP contribution is -2.43. The minimum Gasteiger partial charge on any atom is -0.497 e. The van der Waals surface area contributed by atoms with E-state index in [1.165, 1.54) is 0 Å². The molecule has 138 valence electrons. The molecule has 1 aliphatic carbocycles. The molecule has 0 saturated heterocycles. The zero-order chi connectivity index (χ0) is 18.2. The maximum atomic E-state index is 12.5. The van der Waals surface area contributed by atoms with Crippen LogP contribution in [0.1, 0.15) is 63.4 Å². The summed E-state index contributed by atoms with van der Waals surface area (Å²) in [6.07, 6.45) is 5.58. The van der Waals surface area contributed by atoms with E-state index in [1.807, 2.05) is 24.3 Å². The van der Waals surface area contributed by atoms with Crippen LogP contribution in [0.4, 0.5) is 0 Å². The lowest BCUT2D eigenvalue weighted by atomic mass is 9.91. The molecule has 1 aromatic rings. The second-order valence-corrected chi connectivity index (χ2v) is 6.84. The molecule has 1 unspecified atom stereocenters. The van der Waals surface area contributed by atoms with Crippen molar-refractivity contribution >= 4 is 11.9 Å². The molecule has 1 aromatic carbocycles. The van der Waals surface area contributed by atoms with Crippen molar-refractivity contribution in [2.24, 2.45) is 5.92 Å². The first-order chi connectivity index (χ1) is 12.0. The number of hydrogen-bond acceptors (Lipinski definition) is 3. The molecule has 0 aliphatic heterocycles. The first-order valence-electron chi connectivity index (χ1n) is 9.21. The maximum Gasteiger partial charge on any atom is 0.308 e. The minimum absolute atomic E-state index is 0.0548. The van der Waals surface area contributed by atoms with E-state index in [9.17, 15) is 14.7 Å². The Morgan fingerprint density at radius 2 is 1.88 bits per heavy atom. The van der Waals surface area contributed by atoms with Gasteiger partial charge in [-0.1, -0.05) is 38.3 Å². The van der Waals surface area contributed by atoms with Gasteiger partial charge in [0, 0.05) is 12.5 Å². The van der Waals surface area contributed by atoms with Crippen LogP contribution in [0.25, 0.3) is 0 Å². The number of amides is 1. The van der Waals surface area contributed by atoms with Crippen LogP contribution in [0.3, 0.4) is 0 Å². The molecule has 25 heavy (non-hydrogen) atoms. The minimum atomic E-state index is -0.797. The first kappa shape index (κ1) is 19.3. The van der Waals surface area contributed by atoms with Crippen molar-refractivity contribution in [2.75, 3.05) is 7.11 Å². The number of carbonyl (C=O) groups excluding carboxylic acids is 1. The van der Waals surface area contributed by atoms with Crippen molar-refractivity contribution in [3.05, 3.63) is 29.8 Å². The second-order valence-electron chi connectivity index (χ2n) is 6.84. The highest BCUT2D eigenvalue weighted by Gasteiger charge is 2.31. The molecule has 0 bridgehead atoms. The zero-order valence-electron chi connectivity index (χ0n) is 15.2. The summed E-state index contributed by atoms with van der Waals surface area (Å²) in [5.41, 5.74) is 1.11. The van der Waals surface area contributed by atoms with Gasteiger partial charge in [0.05, 0.1) is 13.0 Å². The third-order valence-corrected chi connectivity index (χ3v) is 5.19. The van der Waals surface area contributed by atoms with Gasteiger partial charge in [0.25, 0.3) is 0 Å². The summed E-state index contributed by atoms with van der Waals surface area (Å²) in [4.78, 5) is 24.0. The Balaban J connectivity index is 1.99. The van der Waals surface area contributed by atoms with Crippen LogP contribution in [0.2, 0.25) is 0 Å². The molecule has 0 radical (unpaired) electrons. The highest BCUT2D eigenvalue weighted by atomic mass is 16.5. The van der Waals surface area contributed by atoms with E-state index < -0.39 is 11.9 Å². The number of rotatable bonds is 7. The monoisotopic (exact) mass is 347 g/mol. The fraction of sp³-hybridized carbons (Fsp3) is 0.600. The third-order valence-electron chi connectivity index (χ3n) is 5.19. The molecule has 1 saturated carbocycles. The molecule has 2 N–H and O–H groups in total. The van der Waals surface area contributed by atoms with Crippen molar-refractivity contribution in [2.45, 2.75) is 63.8 Å². The van der Waals surface area contributed by atoms with Crippen molar-refractivity contribution in [3.63, 3.8) is 0 Å². The molecular weight excluding hydrogens is 318 g/mol. The highest BCUT2D eigenvalue weighted by Crippen LogP contribution is 2.27. The number of hydrogen-bond donors (Lipinski definition) is 2. The summed E-state index contributed by atoms with van der Waals surface area (Å²) in [5, 5.41) is 12.4. The largest absolute Gasteiger partial charge is 0.497 e. The number of carboxylic acids is 1. The average Bonchev–Trinajstić information content (AvgIpc) is 2.85. The van der Waals surface area contributed by atoms with Crippen LogP contribution < -0.4 is 10.1 Å². The van der Waals surface area contributed by atoms with Crippen molar-refractivity contribution in [3.8, 4) is 5.75 Å². The van der Waals surface area contributed by atoms with Gasteiger partial charge in [0.15, 0.2) is 0 Å². The lowest BCUT2D eigenvalue weighted by Gasteiger charge is -2.24. The SMILES string of the molecule is CCC(CC(=O)N[C@H]1CCCCC[C@H]1C(=O)O)c1ccc(OC)cc1. The van der Waals surface area contributed by atoms with E-state index >= 15 is 0 Å². The number of methoxy groups -OCH3 is 1. The van der Waals surface area contributed by atoms with E-state index in [2.05, 4.69) is 12.2 Å². The average molecular weight is 347 g/mol. The Labute approximate surface area is 149 Å². The van der Waals surface area contributed by atoms with Crippen LogP contribution >= 0.6 is 0 Å². The predicted octanol–water partition coefficient (Wildman–Crippen LogP) is 3.73. The van der Waals surface area contributed by atoms with Gasteiger partial charge >= 0.3 is 5.97 Å². The van der Waals surface area contributed by atoms with Gasteiger partial charge in [-0.2, -0.15) is 0 Å². The molecule has 1 amide bonds. The number of benzene rings is 1. The molecule has 1 fully saturated rings. The fourth-order valence-electron chi connectivity index (χ4n) is 3.64. The summed E-state index contributed by atoms with van der Waals surface area (Å²) in [7, 11) is 1.63. The van der Waals surface area contributed by atoms with E-state index in [0.29, 0.717) is 12.8 Å². The van der Waals surface area contributed by atoms with Crippen LogP contribution in [-0.2, 0) is 9.59 Å². The molecule has 0 spiro atoms. The molecule has 0 aromatic heterocycles. The van der Waals surface area contributed by atoms with Gasteiger partial charge in [-0.25, -0.2) is 0 Å². The number of ether oxygens (including phenoxy) is 1. The van der Waals surface area contributed by atoms with Gasteiger partial charge in [-0.15, -0.1) is 0 Å². The van der Waals surface area contributed by atoms with Crippen molar-refractivity contribution < 1.29 is 19.4 Å². The predicted molar refractivity (Wildman–Crippen MR) is 96.8 cm³/mol. The first-order valence-corrected chi connectivity index (χ1v) is 9.21. The Morgan fingerprint density at radius 3 is 2.48 bits per heavy atom. The number of carboxylic acid groups (broad SMARTS) is 1. The van der Waals surface area contributed by atoms with Crippen LogP contribution in [0.5, 0.6) is 5.75 Å². The quantitative estimate of drug-likeness (QED) is 0.737. The third kappa shape index (κ3) is 5.48. The standard InChI is InChI=1S/C20H29NO4/c1-3-14(15-9-11-16(25-2)12-10-15)13-19(22)21-18-8-6-4-5-7-17(18)20(23)24/h9-12,14,17-18H,3-8,13H2,1-2H3,(H,21,22)(H,23,24)/t14?,17-,18+/m1/s1. The number of carbonyl (C=O) groups is 2. The lowest BCUT2D eigenvalue weighted by molar-refractivity contribution is -0.143. The highest BCUT2D eigenvalue weighted by molar-refractivity contribution is 5.79. The molecular formula is C20H29NO4. The van der Waals surface area contributed by atoms with Gasteiger partial charge in [0.1, 0.15) is 5.75 Å². The topological polar surface area (TPSA) is 75.6 Å². The number of nitrogens with one attached hydrogen (secondary N) is 1. The molecule has 5 nitrogen and oxygen atoms in total. The Morgan fingerprint density at radius 1 is 1.20 bits per heavy atom. The summed E-state index contributed by atoms with van der Waals surface area (Å²) in [5.74, 6) is -0.395. The maximum absolute atomic E-state index is 12.5. The Bertz CT molecular complexity index is 570. The van der Waals surface area contributed by atoms with Gasteiger partial charge in [0.2, 0.25) is 5.91 Å². The van der Waals surface area contributed by atoms with E-state index in [1.54, 1.807) is 7.11 Å². The van der Waals surface area contributed by atoms with Crippen molar-refractivity contribution in [1.29, 1.82) is 0 Å². The summed E-state index contributed by atoms with van der Waals surface area (Å²) in [6.45, 7) is 2.06. The van der Waals surface area contributed by atoms with Gasteiger partial charge < -0.3 is 15.2 Å². The van der Waals surface area contributed by atoms with E-state index in [4.69, 9.17) is 4.74 Å². The van der Waals surface area contributed by atoms with E-state index in [0.717, 1.165) is 43.4 Å². The molecule has 1 aliphatic rings. The van der Waals surface area contributed by atoms with Crippen LogP contribution in [-0.4, -0.2) is 30.1 Å². The second kappa shape index (κ2) is 9.44. The normalized spacial score (nSPS) is 21.8. The van der Waals surface area contributed by atoms with Gasteiger partial charge in [-0.05, 0) is 42.9 Å². The molecule has 5 heteroatoms. The Hall–Kier alpha value is -2.04. The summed E-state index contributed by atoms with van der Waals surface area (Å²) < 4.78 is 5.18. The smallest absolute Gasteiger partial charge is 0.308 e. The summed E-state index contributed by atoms with van der Waals surface area (Å²) >= 11 is 0. The summed E-state index contributed by atoms with van der Waals surface area (Å²) in [6, 6.07) is 7.54.